The summed E-state index contributed by atoms with van der Waals surface area (Å²) in [6, 6.07) is 12.0. The lowest BCUT2D eigenvalue weighted by Crippen LogP contribution is -2.22. The van der Waals surface area contributed by atoms with Crippen molar-refractivity contribution in [2.75, 3.05) is 20.4 Å². The summed E-state index contributed by atoms with van der Waals surface area (Å²) >= 11 is 0. The first kappa shape index (κ1) is 17.5. The molecule has 0 aliphatic carbocycles. The molecule has 0 aliphatic heterocycles. The third kappa shape index (κ3) is 4.10. The highest BCUT2D eigenvalue weighted by atomic mass is 32.2. The average Bonchev–Trinajstić information content (AvgIpc) is 2.47. The first-order valence-corrected chi connectivity index (χ1v) is 9.94. The second kappa shape index (κ2) is 6.31. The van der Waals surface area contributed by atoms with Crippen LogP contribution in [-0.2, 0) is 19.9 Å². The lowest BCUT2D eigenvalue weighted by Gasteiger charge is -2.12. The number of ether oxygens (including phenoxy) is 1. The number of rotatable bonds is 5. The van der Waals surface area contributed by atoms with E-state index in [-0.39, 0.29) is 9.79 Å². The van der Waals surface area contributed by atoms with Crippen molar-refractivity contribution < 1.29 is 21.6 Å². The SMILES string of the molecule is CN(C)S(=O)(=O)c1ccc(Oc2ccc(S(C)(=O)=O)cc2)cc1. The van der Waals surface area contributed by atoms with E-state index < -0.39 is 19.9 Å². The van der Waals surface area contributed by atoms with Gasteiger partial charge >= 0.3 is 0 Å². The standard InChI is InChI=1S/C15H17NO5S2/c1-16(2)23(19,20)15-10-6-13(7-11-15)21-12-4-8-14(9-5-12)22(3,17)18/h4-11H,1-3H3. The summed E-state index contributed by atoms with van der Waals surface area (Å²) < 4.78 is 53.4. The summed E-state index contributed by atoms with van der Waals surface area (Å²) in [5, 5.41) is 0. The highest BCUT2D eigenvalue weighted by Crippen LogP contribution is 2.24. The molecule has 2 rings (SSSR count). The number of hydrogen-bond acceptors (Lipinski definition) is 5. The van der Waals surface area contributed by atoms with Crippen molar-refractivity contribution in [1.82, 2.24) is 4.31 Å². The van der Waals surface area contributed by atoms with Crippen LogP contribution in [0.2, 0.25) is 0 Å². The van der Waals surface area contributed by atoms with Gasteiger partial charge in [0.2, 0.25) is 10.0 Å². The Hall–Kier alpha value is -1.90. The van der Waals surface area contributed by atoms with Gasteiger partial charge in [0.1, 0.15) is 11.5 Å². The van der Waals surface area contributed by atoms with Crippen molar-refractivity contribution in [3.63, 3.8) is 0 Å². The van der Waals surface area contributed by atoms with Crippen molar-refractivity contribution in [3.05, 3.63) is 48.5 Å². The molecule has 0 N–H and O–H groups in total. The molecular formula is C15H17NO5S2. The fraction of sp³-hybridized carbons (Fsp3) is 0.200. The third-order valence-electron chi connectivity index (χ3n) is 3.09. The number of sulfonamides is 1. The Labute approximate surface area is 136 Å². The van der Waals surface area contributed by atoms with Crippen molar-refractivity contribution in [2.45, 2.75) is 9.79 Å². The maximum absolute atomic E-state index is 12.0. The van der Waals surface area contributed by atoms with Gasteiger partial charge in [-0.3, -0.25) is 0 Å². The van der Waals surface area contributed by atoms with Gasteiger partial charge in [-0.25, -0.2) is 21.1 Å². The second-order valence-corrected chi connectivity index (χ2v) is 9.27. The molecule has 0 saturated heterocycles. The Bertz CT molecular complexity index is 884. The van der Waals surface area contributed by atoms with Crippen molar-refractivity contribution in [3.8, 4) is 11.5 Å². The summed E-state index contributed by atoms with van der Waals surface area (Å²) in [6.45, 7) is 0. The number of nitrogens with zero attached hydrogens (tertiary/aromatic N) is 1. The largest absolute Gasteiger partial charge is 0.457 e. The van der Waals surface area contributed by atoms with Gasteiger partial charge < -0.3 is 4.74 Å². The quantitative estimate of drug-likeness (QED) is 0.821. The summed E-state index contributed by atoms with van der Waals surface area (Å²) in [4.78, 5) is 0.375. The Morgan fingerprint density at radius 1 is 0.739 bits per heavy atom. The molecular weight excluding hydrogens is 338 g/mol. The highest BCUT2D eigenvalue weighted by Gasteiger charge is 2.16. The third-order valence-corrected chi connectivity index (χ3v) is 6.05. The van der Waals surface area contributed by atoms with E-state index in [0.717, 1.165) is 10.6 Å². The zero-order chi connectivity index (χ0) is 17.3. The van der Waals surface area contributed by atoms with Gasteiger partial charge in [0.05, 0.1) is 9.79 Å². The number of sulfone groups is 1. The molecule has 0 atom stereocenters. The van der Waals surface area contributed by atoms with E-state index in [0.29, 0.717) is 11.5 Å². The summed E-state index contributed by atoms with van der Waals surface area (Å²) in [7, 11) is -3.80. The summed E-state index contributed by atoms with van der Waals surface area (Å²) in [5.74, 6) is 0.912. The molecule has 0 bridgehead atoms. The molecule has 2 aromatic carbocycles. The lowest BCUT2D eigenvalue weighted by atomic mass is 10.3. The molecule has 23 heavy (non-hydrogen) atoms. The normalized spacial score (nSPS) is 12.3. The van der Waals surface area contributed by atoms with Crippen LogP contribution >= 0.6 is 0 Å². The molecule has 8 heteroatoms. The first-order chi connectivity index (χ1) is 10.6. The predicted octanol–water partition coefficient (Wildman–Crippen LogP) is 2.13. The zero-order valence-electron chi connectivity index (χ0n) is 12.9. The van der Waals surface area contributed by atoms with Crippen LogP contribution in [0.25, 0.3) is 0 Å². The van der Waals surface area contributed by atoms with Gasteiger partial charge in [0, 0.05) is 20.4 Å². The van der Waals surface area contributed by atoms with E-state index >= 15 is 0 Å². The van der Waals surface area contributed by atoms with Gasteiger partial charge in [-0.15, -0.1) is 0 Å². The van der Waals surface area contributed by atoms with Crippen molar-refractivity contribution in [2.24, 2.45) is 0 Å². The molecule has 0 aliphatic rings. The number of benzene rings is 2. The minimum atomic E-state index is -3.48. The Morgan fingerprint density at radius 3 is 1.48 bits per heavy atom. The average molecular weight is 355 g/mol. The van der Waals surface area contributed by atoms with Crippen LogP contribution in [0.15, 0.2) is 58.3 Å². The fourth-order valence-corrected chi connectivity index (χ4v) is 3.31. The molecule has 6 nitrogen and oxygen atoms in total. The van der Waals surface area contributed by atoms with Crippen LogP contribution in [0.4, 0.5) is 0 Å². The smallest absolute Gasteiger partial charge is 0.242 e. The molecule has 2 aromatic rings. The lowest BCUT2D eigenvalue weighted by molar-refractivity contribution is 0.481. The molecule has 0 radical (unpaired) electrons. The molecule has 0 aromatic heterocycles. The van der Waals surface area contributed by atoms with Gasteiger partial charge in [-0.1, -0.05) is 0 Å². The molecule has 0 unspecified atom stereocenters. The Morgan fingerprint density at radius 2 is 1.13 bits per heavy atom. The summed E-state index contributed by atoms with van der Waals surface area (Å²) in [6.07, 6.45) is 1.13. The monoisotopic (exact) mass is 355 g/mol. The number of hydrogen-bond donors (Lipinski definition) is 0. The summed E-state index contributed by atoms with van der Waals surface area (Å²) in [5.41, 5.74) is 0. The van der Waals surface area contributed by atoms with Crippen LogP contribution in [0.5, 0.6) is 11.5 Å². The Kier molecular flexibility index (Phi) is 4.79. The predicted molar refractivity (Wildman–Crippen MR) is 86.9 cm³/mol. The van der Waals surface area contributed by atoms with Crippen LogP contribution in [0.1, 0.15) is 0 Å². The maximum atomic E-state index is 12.0. The van der Waals surface area contributed by atoms with E-state index in [9.17, 15) is 16.8 Å². The van der Waals surface area contributed by atoms with Gasteiger partial charge in [-0.05, 0) is 48.5 Å². The van der Waals surface area contributed by atoms with Crippen LogP contribution in [-0.4, -0.2) is 41.5 Å². The molecule has 0 spiro atoms. The van der Waals surface area contributed by atoms with E-state index in [1.807, 2.05) is 0 Å². The zero-order valence-corrected chi connectivity index (χ0v) is 14.6. The maximum Gasteiger partial charge on any atom is 0.242 e. The Balaban J connectivity index is 2.19. The van der Waals surface area contributed by atoms with E-state index in [1.54, 1.807) is 24.3 Å². The van der Waals surface area contributed by atoms with Crippen LogP contribution in [0.3, 0.4) is 0 Å². The van der Waals surface area contributed by atoms with Gasteiger partial charge in [-0.2, -0.15) is 0 Å². The fourth-order valence-electron chi connectivity index (χ4n) is 1.78. The van der Waals surface area contributed by atoms with Crippen LogP contribution < -0.4 is 4.74 Å². The van der Waals surface area contributed by atoms with Crippen molar-refractivity contribution >= 4 is 19.9 Å². The van der Waals surface area contributed by atoms with Gasteiger partial charge in [0.25, 0.3) is 0 Å². The minimum Gasteiger partial charge on any atom is -0.457 e. The van der Waals surface area contributed by atoms with Crippen LogP contribution in [0, 0.1) is 0 Å². The minimum absolute atomic E-state index is 0.169. The topological polar surface area (TPSA) is 80.8 Å². The second-order valence-electron chi connectivity index (χ2n) is 5.10. The highest BCUT2D eigenvalue weighted by molar-refractivity contribution is 7.90. The van der Waals surface area contributed by atoms with Gasteiger partial charge in [0.15, 0.2) is 9.84 Å². The molecule has 0 saturated carbocycles. The van der Waals surface area contributed by atoms with E-state index in [4.69, 9.17) is 4.74 Å². The van der Waals surface area contributed by atoms with E-state index in [1.165, 1.54) is 38.4 Å². The molecule has 0 fully saturated rings. The van der Waals surface area contributed by atoms with Crippen molar-refractivity contribution in [1.29, 1.82) is 0 Å². The van der Waals surface area contributed by atoms with E-state index in [2.05, 4.69) is 0 Å². The molecule has 0 amide bonds. The molecule has 0 heterocycles. The molecule has 124 valence electrons. The first-order valence-electron chi connectivity index (χ1n) is 6.61.